The second kappa shape index (κ2) is 7.70. The highest BCUT2D eigenvalue weighted by atomic mass is 16.3. The fourth-order valence-electron chi connectivity index (χ4n) is 2.29. The third-order valence-corrected chi connectivity index (χ3v) is 3.51. The molecular weight excluding hydrogens is 252 g/mol. The van der Waals surface area contributed by atoms with Gasteiger partial charge < -0.3 is 15.7 Å². The van der Waals surface area contributed by atoms with Gasteiger partial charge in [0.15, 0.2) is 0 Å². The first-order valence-corrected chi connectivity index (χ1v) is 7.16. The maximum atomic E-state index is 11.7. The number of amides is 2. The molecule has 1 aliphatic rings. The quantitative estimate of drug-likeness (QED) is 0.720. The largest absolute Gasteiger partial charge is 0.392 e. The van der Waals surface area contributed by atoms with Crippen molar-refractivity contribution in [1.29, 1.82) is 0 Å². The number of benzene rings is 1. The van der Waals surface area contributed by atoms with Gasteiger partial charge in [-0.1, -0.05) is 36.4 Å². The van der Waals surface area contributed by atoms with Gasteiger partial charge in [-0.15, -0.1) is 0 Å². The Bertz CT molecular complexity index is 454. The third-order valence-electron chi connectivity index (χ3n) is 3.51. The van der Waals surface area contributed by atoms with Crippen molar-refractivity contribution < 1.29 is 9.90 Å². The summed E-state index contributed by atoms with van der Waals surface area (Å²) in [5, 5.41) is 14.8. The minimum Gasteiger partial charge on any atom is -0.392 e. The molecule has 0 saturated heterocycles. The molecule has 0 bridgehead atoms. The molecule has 0 aromatic heterocycles. The van der Waals surface area contributed by atoms with Crippen LogP contribution >= 0.6 is 0 Å². The van der Waals surface area contributed by atoms with E-state index in [4.69, 9.17) is 5.11 Å². The van der Waals surface area contributed by atoms with Crippen LogP contribution in [-0.2, 0) is 13.0 Å². The predicted molar refractivity (Wildman–Crippen MR) is 79.4 cm³/mol. The Labute approximate surface area is 119 Å². The van der Waals surface area contributed by atoms with E-state index in [0.29, 0.717) is 6.54 Å². The number of rotatable bonds is 5. The van der Waals surface area contributed by atoms with Crippen molar-refractivity contribution in [2.24, 2.45) is 0 Å². The molecule has 0 radical (unpaired) electrons. The summed E-state index contributed by atoms with van der Waals surface area (Å²) >= 11 is 0. The maximum Gasteiger partial charge on any atom is 0.315 e. The molecule has 0 fully saturated rings. The van der Waals surface area contributed by atoms with E-state index in [-0.39, 0.29) is 18.7 Å². The highest BCUT2D eigenvalue weighted by Crippen LogP contribution is 2.10. The molecule has 0 saturated carbocycles. The van der Waals surface area contributed by atoms with Crippen molar-refractivity contribution >= 4 is 6.03 Å². The molecule has 4 nitrogen and oxygen atoms in total. The van der Waals surface area contributed by atoms with Gasteiger partial charge >= 0.3 is 6.03 Å². The van der Waals surface area contributed by atoms with Gasteiger partial charge in [0.25, 0.3) is 0 Å². The van der Waals surface area contributed by atoms with Crippen LogP contribution in [0.3, 0.4) is 0 Å². The second-order valence-electron chi connectivity index (χ2n) is 5.11. The highest BCUT2D eigenvalue weighted by Gasteiger charge is 2.11. The Hall–Kier alpha value is -1.81. The lowest BCUT2D eigenvalue weighted by Gasteiger charge is -2.19. The van der Waals surface area contributed by atoms with E-state index < -0.39 is 0 Å². The number of hydrogen-bond donors (Lipinski definition) is 3. The van der Waals surface area contributed by atoms with Gasteiger partial charge in [0.05, 0.1) is 6.61 Å². The van der Waals surface area contributed by atoms with Crippen molar-refractivity contribution in [2.75, 3.05) is 6.54 Å². The average Bonchev–Trinajstić information content (AvgIpc) is 2.49. The minimum atomic E-state index is -0.0859. The molecule has 0 aliphatic heterocycles. The minimum absolute atomic E-state index is 0.0662. The highest BCUT2D eigenvalue weighted by molar-refractivity contribution is 5.74. The van der Waals surface area contributed by atoms with Crippen molar-refractivity contribution in [3.63, 3.8) is 0 Å². The van der Waals surface area contributed by atoms with Gasteiger partial charge in [-0.2, -0.15) is 0 Å². The van der Waals surface area contributed by atoms with Gasteiger partial charge in [-0.3, -0.25) is 0 Å². The summed E-state index contributed by atoms with van der Waals surface area (Å²) in [6, 6.07) is 7.96. The van der Waals surface area contributed by atoms with Crippen LogP contribution in [0.5, 0.6) is 0 Å². The summed E-state index contributed by atoms with van der Waals surface area (Å²) in [4.78, 5) is 11.7. The van der Waals surface area contributed by atoms with E-state index in [0.717, 1.165) is 36.8 Å². The van der Waals surface area contributed by atoms with E-state index in [2.05, 4.69) is 22.8 Å². The molecule has 2 amide bonds. The first-order chi connectivity index (χ1) is 9.78. The first kappa shape index (κ1) is 14.6. The maximum absolute atomic E-state index is 11.7. The summed E-state index contributed by atoms with van der Waals surface area (Å²) in [6.07, 6.45) is 8.07. The first-order valence-electron chi connectivity index (χ1n) is 7.16. The summed E-state index contributed by atoms with van der Waals surface area (Å²) in [6.45, 7) is 0.684. The molecular formula is C16H22N2O2. The molecule has 1 aromatic rings. The second-order valence-corrected chi connectivity index (χ2v) is 5.11. The van der Waals surface area contributed by atoms with Crippen LogP contribution in [0, 0.1) is 0 Å². The summed E-state index contributed by atoms with van der Waals surface area (Å²) in [5.74, 6) is 0. The number of aliphatic hydroxyl groups excluding tert-OH is 1. The summed E-state index contributed by atoms with van der Waals surface area (Å²) in [5.41, 5.74) is 2.06. The Morgan fingerprint density at radius 3 is 2.60 bits per heavy atom. The number of aliphatic hydroxyl groups is 1. The molecule has 108 valence electrons. The van der Waals surface area contributed by atoms with Crippen LogP contribution < -0.4 is 10.6 Å². The zero-order valence-electron chi connectivity index (χ0n) is 11.6. The molecule has 3 N–H and O–H groups in total. The van der Waals surface area contributed by atoms with E-state index in [1.54, 1.807) is 0 Å². The molecule has 1 atom stereocenters. The van der Waals surface area contributed by atoms with Gasteiger partial charge in [-0.25, -0.2) is 4.79 Å². The average molecular weight is 274 g/mol. The molecule has 1 aliphatic carbocycles. The van der Waals surface area contributed by atoms with Gasteiger partial charge in [0.2, 0.25) is 0 Å². The van der Waals surface area contributed by atoms with E-state index in [9.17, 15) is 4.79 Å². The molecule has 0 spiro atoms. The number of nitrogens with one attached hydrogen (secondary N) is 2. The van der Waals surface area contributed by atoms with Crippen LogP contribution in [0.25, 0.3) is 0 Å². The smallest absolute Gasteiger partial charge is 0.315 e. The Balaban J connectivity index is 1.66. The molecule has 2 rings (SSSR count). The fraction of sp³-hybridized carbons (Fsp3) is 0.438. The summed E-state index contributed by atoms with van der Waals surface area (Å²) in [7, 11) is 0. The number of allylic oxidation sites excluding steroid dienone is 1. The third kappa shape index (κ3) is 4.70. The summed E-state index contributed by atoms with van der Waals surface area (Å²) < 4.78 is 0. The van der Waals surface area contributed by atoms with Crippen molar-refractivity contribution in [3.8, 4) is 0 Å². The number of carbonyl (C=O) groups is 1. The zero-order valence-corrected chi connectivity index (χ0v) is 11.6. The van der Waals surface area contributed by atoms with Crippen molar-refractivity contribution in [3.05, 3.63) is 47.5 Å². The zero-order chi connectivity index (χ0) is 14.2. The standard InChI is InChI=1S/C16H22N2O2/c19-12-14-8-6-13(7-9-14)10-11-17-16(20)18-15-4-2-1-3-5-15/h1-2,6-9,15,19H,3-5,10-12H2,(H2,17,18,20). The van der Waals surface area contributed by atoms with Crippen molar-refractivity contribution in [2.45, 2.75) is 38.3 Å². The van der Waals surface area contributed by atoms with Crippen LogP contribution in [0.15, 0.2) is 36.4 Å². The lowest BCUT2D eigenvalue weighted by atomic mass is 10.0. The molecule has 1 aromatic carbocycles. The molecule has 1 unspecified atom stereocenters. The van der Waals surface area contributed by atoms with Crippen molar-refractivity contribution in [1.82, 2.24) is 10.6 Å². The number of urea groups is 1. The fourth-order valence-corrected chi connectivity index (χ4v) is 2.29. The molecule has 0 heterocycles. The van der Waals surface area contributed by atoms with Gasteiger partial charge in [0, 0.05) is 12.6 Å². The van der Waals surface area contributed by atoms with Gasteiger partial charge in [-0.05, 0) is 36.8 Å². The number of carbonyl (C=O) groups excluding carboxylic acids is 1. The molecule has 20 heavy (non-hydrogen) atoms. The van der Waals surface area contributed by atoms with Crippen LogP contribution in [0.2, 0.25) is 0 Å². The van der Waals surface area contributed by atoms with E-state index >= 15 is 0 Å². The Morgan fingerprint density at radius 2 is 1.95 bits per heavy atom. The predicted octanol–water partition coefficient (Wildman–Crippen LogP) is 2.13. The van der Waals surface area contributed by atoms with E-state index in [1.165, 1.54) is 0 Å². The lowest BCUT2D eigenvalue weighted by molar-refractivity contribution is 0.236. The lowest BCUT2D eigenvalue weighted by Crippen LogP contribution is -2.43. The van der Waals surface area contributed by atoms with Crippen LogP contribution in [0.1, 0.15) is 30.4 Å². The van der Waals surface area contributed by atoms with E-state index in [1.807, 2.05) is 24.3 Å². The normalized spacial score (nSPS) is 17.8. The Kier molecular flexibility index (Phi) is 5.62. The monoisotopic (exact) mass is 274 g/mol. The Morgan fingerprint density at radius 1 is 1.20 bits per heavy atom. The molecule has 4 heteroatoms. The van der Waals surface area contributed by atoms with Gasteiger partial charge in [0.1, 0.15) is 0 Å². The SMILES string of the molecule is O=C(NCCc1ccc(CO)cc1)NC1CC=CCC1. The van der Waals surface area contributed by atoms with Crippen LogP contribution in [0.4, 0.5) is 4.79 Å². The van der Waals surface area contributed by atoms with Crippen LogP contribution in [-0.4, -0.2) is 23.7 Å². The number of hydrogen-bond acceptors (Lipinski definition) is 2. The topological polar surface area (TPSA) is 61.4 Å².